The molecule has 0 saturated carbocycles. The van der Waals surface area contributed by atoms with Crippen LogP contribution in [0, 0.1) is 6.92 Å². The zero-order chi connectivity index (χ0) is 13.9. The summed E-state index contributed by atoms with van der Waals surface area (Å²) in [6, 6.07) is 11.7. The number of pyridine rings is 1. The lowest BCUT2D eigenvalue weighted by Crippen LogP contribution is -2.22. The standard InChI is InChI=1S/C16H17NO3/c1-11-6-7-16(14(9-18)17-11)19-10-13-8-12-4-2-3-5-15(12)20-13/h2-7,13,18H,8-10H2,1H3. The third-order valence-electron chi connectivity index (χ3n) is 3.36. The first-order chi connectivity index (χ1) is 9.76. The Kier molecular flexibility index (Phi) is 3.56. The molecule has 0 radical (unpaired) electrons. The SMILES string of the molecule is Cc1ccc(OCC2Cc3ccccc3O2)c(CO)n1. The van der Waals surface area contributed by atoms with E-state index in [9.17, 15) is 5.11 Å². The molecule has 1 aromatic carbocycles. The number of aliphatic hydroxyl groups is 1. The minimum Gasteiger partial charge on any atom is -0.488 e. The molecule has 0 saturated heterocycles. The van der Waals surface area contributed by atoms with E-state index in [0.717, 1.165) is 17.9 Å². The number of aromatic nitrogens is 1. The minimum absolute atomic E-state index is 0.0141. The van der Waals surface area contributed by atoms with Crippen LogP contribution in [0.2, 0.25) is 0 Å². The van der Waals surface area contributed by atoms with Gasteiger partial charge in [-0.25, -0.2) is 0 Å². The summed E-state index contributed by atoms with van der Waals surface area (Å²) in [5.74, 6) is 1.56. The number of para-hydroxylation sites is 1. The number of fused-ring (bicyclic) bond motifs is 1. The molecule has 1 aliphatic heterocycles. The maximum atomic E-state index is 9.30. The van der Waals surface area contributed by atoms with E-state index in [2.05, 4.69) is 11.1 Å². The Morgan fingerprint density at radius 3 is 2.95 bits per heavy atom. The van der Waals surface area contributed by atoms with Crippen LogP contribution in [0.4, 0.5) is 0 Å². The van der Waals surface area contributed by atoms with E-state index in [0.29, 0.717) is 18.1 Å². The smallest absolute Gasteiger partial charge is 0.143 e. The highest BCUT2D eigenvalue weighted by Gasteiger charge is 2.23. The molecule has 2 heterocycles. The van der Waals surface area contributed by atoms with Crippen LogP contribution in [0.25, 0.3) is 0 Å². The number of aryl methyl sites for hydroxylation is 1. The Morgan fingerprint density at radius 2 is 2.15 bits per heavy atom. The number of hydrogen-bond acceptors (Lipinski definition) is 4. The summed E-state index contributed by atoms with van der Waals surface area (Å²) >= 11 is 0. The molecule has 0 aliphatic carbocycles. The van der Waals surface area contributed by atoms with Gasteiger partial charge in [0.15, 0.2) is 0 Å². The van der Waals surface area contributed by atoms with E-state index in [1.165, 1.54) is 5.56 Å². The molecule has 1 aromatic heterocycles. The summed E-state index contributed by atoms with van der Waals surface area (Å²) in [7, 11) is 0. The summed E-state index contributed by atoms with van der Waals surface area (Å²) in [6.45, 7) is 2.22. The zero-order valence-electron chi connectivity index (χ0n) is 11.4. The molecule has 3 rings (SSSR count). The third kappa shape index (κ3) is 2.60. The van der Waals surface area contributed by atoms with Gasteiger partial charge < -0.3 is 14.6 Å². The molecule has 20 heavy (non-hydrogen) atoms. The van der Waals surface area contributed by atoms with Gasteiger partial charge >= 0.3 is 0 Å². The van der Waals surface area contributed by atoms with Crippen molar-refractivity contribution in [3.63, 3.8) is 0 Å². The molecule has 104 valence electrons. The summed E-state index contributed by atoms with van der Waals surface area (Å²) in [5, 5.41) is 9.30. The molecule has 0 bridgehead atoms. The van der Waals surface area contributed by atoms with Gasteiger partial charge in [0.2, 0.25) is 0 Å². The van der Waals surface area contributed by atoms with Gasteiger partial charge in [-0.15, -0.1) is 0 Å². The Labute approximate surface area is 118 Å². The second-order valence-corrected chi connectivity index (χ2v) is 4.92. The molecular weight excluding hydrogens is 254 g/mol. The van der Waals surface area contributed by atoms with E-state index < -0.39 is 0 Å². The van der Waals surface area contributed by atoms with Crippen molar-refractivity contribution in [3.8, 4) is 11.5 Å². The Hall–Kier alpha value is -2.07. The summed E-state index contributed by atoms with van der Waals surface area (Å²) in [6.07, 6.45) is 0.865. The zero-order valence-corrected chi connectivity index (χ0v) is 11.4. The quantitative estimate of drug-likeness (QED) is 0.926. The second kappa shape index (κ2) is 5.51. The maximum Gasteiger partial charge on any atom is 0.143 e. The van der Waals surface area contributed by atoms with Gasteiger partial charge in [0.1, 0.15) is 29.9 Å². The Morgan fingerprint density at radius 1 is 1.30 bits per heavy atom. The van der Waals surface area contributed by atoms with Crippen LogP contribution in [0.15, 0.2) is 36.4 Å². The summed E-state index contributed by atoms with van der Waals surface area (Å²) in [5.41, 5.74) is 2.65. The fourth-order valence-electron chi connectivity index (χ4n) is 2.37. The van der Waals surface area contributed by atoms with Crippen LogP contribution in [0.3, 0.4) is 0 Å². The number of aliphatic hydroxyl groups excluding tert-OH is 1. The average Bonchev–Trinajstić information content (AvgIpc) is 2.88. The largest absolute Gasteiger partial charge is 0.488 e. The van der Waals surface area contributed by atoms with Crippen molar-refractivity contribution in [1.29, 1.82) is 0 Å². The Bertz CT molecular complexity index is 587. The van der Waals surface area contributed by atoms with Crippen molar-refractivity contribution in [3.05, 3.63) is 53.3 Å². The topological polar surface area (TPSA) is 51.6 Å². The molecular formula is C16H17NO3. The predicted octanol–water partition coefficient (Wildman–Crippen LogP) is 2.26. The van der Waals surface area contributed by atoms with Gasteiger partial charge in [-0.05, 0) is 30.7 Å². The lowest BCUT2D eigenvalue weighted by atomic mass is 10.1. The first-order valence-electron chi connectivity index (χ1n) is 6.71. The van der Waals surface area contributed by atoms with Gasteiger partial charge in [0.05, 0.1) is 6.61 Å². The van der Waals surface area contributed by atoms with E-state index in [4.69, 9.17) is 9.47 Å². The average molecular weight is 271 g/mol. The lowest BCUT2D eigenvalue weighted by Gasteiger charge is -2.14. The number of ether oxygens (including phenoxy) is 2. The number of rotatable bonds is 4. The molecule has 1 aliphatic rings. The van der Waals surface area contributed by atoms with Crippen molar-refractivity contribution in [2.24, 2.45) is 0 Å². The van der Waals surface area contributed by atoms with E-state index in [1.54, 1.807) is 0 Å². The van der Waals surface area contributed by atoms with Crippen molar-refractivity contribution in [2.45, 2.75) is 26.1 Å². The normalized spacial score (nSPS) is 16.6. The van der Waals surface area contributed by atoms with Crippen LogP contribution < -0.4 is 9.47 Å². The minimum atomic E-state index is -0.122. The van der Waals surface area contributed by atoms with Gasteiger partial charge in [0.25, 0.3) is 0 Å². The highest BCUT2D eigenvalue weighted by atomic mass is 16.5. The third-order valence-corrected chi connectivity index (χ3v) is 3.36. The first kappa shape index (κ1) is 12.9. The molecule has 2 aromatic rings. The highest BCUT2D eigenvalue weighted by Crippen LogP contribution is 2.28. The van der Waals surface area contributed by atoms with E-state index in [1.807, 2.05) is 37.3 Å². The molecule has 4 nitrogen and oxygen atoms in total. The second-order valence-electron chi connectivity index (χ2n) is 4.92. The molecule has 1 atom stereocenters. The highest BCUT2D eigenvalue weighted by molar-refractivity contribution is 5.37. The fraction of sp³-hybridized carbons (Fsp3) is 0.312. The van der Waals surface area contributed by atoms with Gasteiger partial charge in [-0.2, -0.15) is 0 Å². The van der Waals surface area contributed by atoms with Gasteiger partial charge in [0, 0.05) is 12.1 Å². The fourth-order valence-corrected chi connectivity index (χ4v) is 2.37. The van der Waals surface area contributed by atoms with Crippen molar-refractivity contribution in [1.82, 2.24) is 4.98 Å². The van der Waals surface area contributed by atoms with Crippen LogP contribution in [-0.4, -0.2) is 22.8 Å². The lowest BCUT2D eigenvalue weighted by molar-refractivity contribution is 0.145. The Balaban J connectivity index is 1.64. The predicted molar refractivity (Wildman–Crippen MR) is 75.0 cm³/mol. The van der Waals surface area contributed by atoms with Crippen LogP contribution in [-0.2, 0) is 13.0 Å². The number of nitrogens with zero attached hydrogens (tertiary/aromatic N) is 1. The summed E-state index contributed by atoms with van der Waals surface area (Å²) in [4.78, 5) is 4.26. The first-order valence-corrected chi connectivity index (χ1v) is 6.71. The number of hydrogen-bond donors (Lipinski definition) is 1. The molecule has 1 N–H and O–H groups in total. The van der Waals surface area contributed by atoms with E-state index >= 15 is 0 Å². The molecule has 4 heteroatoms. The van der Waals surface area contributed by atoms with Crippen molar-refractivity contribution in [2.75, 3.05) is 6.61 Å². The van der Waals surface area contributed by atoms with Crippen LogP contribution in [0.1, 0.15) is 17.0 Å². The summed E-state index contributed by atoms with van der Waals surface area (Å²) < 4.78 is 11.6. The monoisotopic (exact) mass is 271 g/mol. The number of benzene rings is 1. The molecule has 0 fully saturated rings. The molecule has 0 spiro atoms. The van der Waals surface area contributed by atoms with Crippen LogP contribution >= 0.6 is 0 Å². The molecule has 1 unspecified atom stereocenters. The van der Waals surface area contributed by atoms with E-state index in [-0.39, 0.29) is 12.7 Å². The van der Waals surface area contributed by atoms with Crippen molar-refractivity contribution >= 4 is 0 Å². The van der Waals surface area contributed by atoms with Crippen molar-refractivity contribution < 1.29 is 14.6 Å². The van der Waals surface area contributed by atoms with Gasteiger partial charge in [-0.1, -0.05) is 18.2 Å². The molecule has 0 amide bonds. The van der Waals surface area contributed by atoms with Gasteiger partial charge in [-0.3, -0.25) is 4.98 Å². The van der Waals surface area contributed by atoms with Crippen LogP contribution in [0.5, 0.6) is 11.5 Å². The maximum absolute atomic E-state index is 9.30.